The second-order valence-electron chi connectivity index (χ2n) is 3.81. The van der Waals surface area contributed by atoms with Crippen molar-refractivity contribution < 1.29 is 17.6 Å². The molecule has 1 aliphatic rings. The molecule has 0 radical (unpaired) electrons. The summed E-state index contributed by atoms with van der Waals surface area (Å²) in [4.78, 5) is 0. The van der Waals surface area contributed by atoms with E-state index in [1.165, 1.54) is 6.07 Å². The third-order valence-electron chi connectivity index (χ3n) is 2.68. The molecule has 0 saturated heterocycles. The van der Waals surface area contributed by atoms with E-state index in [1.54, 1.807) is 0 Å². The third kappa shape index (κ3) is 2.10. The fraction of sp³-hybridized carbons (Fsp3) is 0.333. The van der Waals surface area contributed by atoms with Crippen molar-refractivity contribution in [3.05, 3.63) is 41.2 Å². The minimum Gasteiger partial charge on any atom is -0.206 e. The van der Waals surface area contributed by atoms with Crippen LogP contribution >= 0.6 is 0 Å². The molecule has 0 fully saturated rings. The molecule has 86 valence electrons. The average Bonchev–Trinajstić information content (AvgIpc) is 2.69. The van der Waals surface area contributed by atoms with Gasteiger partial charge in [-0.2, -0.15) is 13.2 Å². The van der Waals surface area contributed by atoms with Gasteiger partial charge in [-0.15, -0.1) is 0 Å². The summed E-state index contributed by atoms with van der Waals surface area (Å²) in [6.45, 7) is 0. The highest BCUT2D eigenvalue weighted by molar-refractivity contribution is 5.67. The predicted octanol–water partition coefficient (Wildman–Crippen LogP) is 4.41. The molecule has 0 bridgehead atoms. The van der Waals surface area contributed by atoms with Crippen LogP contribution in [0.1, 0.15) is 30.4 Å². The van der Waals surface area contributed by atoms with Crippen LogP contribution in [0, 0.1) is 5.82 Å². The summed E-state index contributed by atoms with van der Waals surface area (Å²) in [5.74, 6) is -0.789. The van der Waals surface area contributed by atoms with E-state index in [1.807, 2.05) is 6.08 Å². The molecule has 0 N–H and O–H groups in total. The second-order valence-corrected chi connectivity index (χ2v) is 3.81. The largest absolute Gasteiger partial charge is 0.416 e. The summed E-state index contributed by atoms with van der Waals surface area (Å²) in [6, 6.07) is 2.71. The zero-order valence-corrected chi connectivity index (χ0v) is 8.44. The minimum absolute atomic E-state index is 0.297. The van der Waals surface area contributed by atoms with Crippen molar-refractivity contribution in [2.45, 2.75) is 25.4 Å². The SMILES string of the molecule is Fc1cc(C(F)(F)F)ccc1C1=CCCC1. The van der Waals surface area contributed by atoms with Crippen molar-refractivity contribution in [2.24, 2.45) is 0 Å². The van der Waals surface area contributed by atoms with E-state index < -0.39 is 17.6 Å². The zero-order valence-electron chi connectivity index (χ0n) is 8.44. The molecule has 2 rings (SSSR count). The molecular weight excluding hydrogens is 220 g/mol. The maximum atomic E-state index is 13.5. The molecule has 1 aromatic carbocycles. The van der Waals surface area contributed by atoms with Gasteiger partial charge in [-0.1, -0.05) is 12.1 Å². The smallest absolute Gasteiger partial charge is 0.206 e. The molecule has 1 aromatic rings. The van der Waals surface area contributed by atoms with Crippen LogP contribution in [0.2, 0.25) is 0 Å². The first kappa shape index (κ1) is 11.2. The summed E-state index contributed by atoms with van der Waals surface area (Å²) in [5, 5.41) is 0. The van der Waals surface area contributed by atoms with Gasteiger partial charge >= 0.3 is 6.18 Å². The molecule has 0 aliphatic heterocycles. The molecular formula is C12H10F4. The monoisotopic (exact) mass is 230 g/mol. The van der Waals surface area contributed by atoms with Crippen LogP contribution in [0.15, 0.2) is 24.3 Å². The Kier molecular flexibility index (Phi) is 2.74. The molecule has 0 atom stereocenters. The van der Waals surface area contributed by atoms with Crippen molar-refractivity contribution in [3.8, 4) is 0 Å². The quantitative estimate of drug-likeness (QED) is 0.627. The first-order valence-electron chi connectivity index (χ1n) is 5.04. The molecule has 0 nitrogen and oxygen atoms in total. The third-order valence-corrected chi connectivity index (χ3v) is 2.68. The van der Waals surface area contributed by atoms with Crippen molar-refractivity contribution in [1.29, 1.82) is 0 Å². The van der Waals surface area contributed by atoms with Gasteiger partial charge in [0.2, 0.25) is 0 Å². The Balaban J connectivity index is 2.37. The lowest BCUT2D eigenvalue weighted by molar-refractivity contribution is -0.137. The second kappa shape index (κ2) is 3.92. The molecule has 0 heterocycles. The summed E-state index contributed by atoms with van der Waals surface area (Å²) in [7, 11) is 0. The fourth-order valence-corrected chi connectivity index (χ4v) is 1.87. The Morgan fingerprint density at radius 2 is 1.88 bits per heavy atom. The summed E-state index contributed by atoms with van der Waals surface area (Å²) in [6.07, 6.45) is -0.0526. The van der Waals surface area contributed by atoms with Gasteiger partial charge < -0.3 is 0 Å². The van der Waals surface area contributed by atoms with Crippen LogP contribution in [-0.2, 0) is 6.18 Å². The van der Waals surface area contributed by atoms with Gasteiger partial charge in [0.05, 0.1) is 5.56 Å². The number of hydrogen-bond acceptors (Lipinski definition) is 0. The van der Waals surface area contributed by atoms with Gasteiger partial charge in [0, 0.05) is 5.56 Å². The highest BCUT2D eigenvalue weighted by Crippen LogP contribution is 2.34. The molecule has 16 heavy (non-hydrogen) atoms. The van der Waals surface area contributed by atoms with Crippen LogP contribution in [0.4, 0.5) is 17.6 Å². The van der Waals surface area contributed by atoms with Gasteiger partial charge in [0.25, 0.3) is 0 Å². The van der Waals surface area contributed by atoms with E-state index in [4.69, 9.17) is 0 Å². The Morgan fingerprint density at radius 3 is 2.38 bits per heavy atom. The van der Waals surface area contributed by atoms with Crippen LogP contribution in [-0.4, -0.2) is 0 Å². The number of allylic oxidation sites excluding steroid dienone is 2. The summed E-state index contributed by atoms with van der Waals surface area (Å²) < 4.78 is 50.4. The lowest BCUT2D eigenvalue weighted by Crippen LogP contribution is -2.05. The van der Waals surface area contributed by atoms with Crippen LogP contribution < -0.4 is 0 Å². The minimum atomic E-state index is -4.48. The lowest BCUT2D eigenvalue weighted by Gasteiger charge is -2.09. The molecule has 0 amide bonds. The maximum absolute atomic E-state index is 13.5. The number of halogens is 4. The van der Waals surface area contributed by atoms with Crippen LogP contribution in [0.5, 0.6) is 0 Å². The molecule has 1 aliphatic carbocycles. The first-order chi connectivity index (χ1) is 7.48. The highest BCUT2D eigenvalue weighted by Gasteiger charge is 2.31. The molecule has 0 unspecified atom stereocenters. The van der Waals surface area contributed by atoms with E-state index in [9.17, 15) is 17.6 Å². The van der Waals surface area contributed by atoms with E-state index in [0.717, 1.165) is 30.9 Å². The zero-order chi connectivity index (χ0) is 11.8. The lowest BCUT2D eigenvalue weighted by atomic mass is 10.0. The molecule has 0 spiro atoms. The number of rotatable bonds is 1. The Labute approximate surface area is 90.6 Å². The molecule has 4 heteroatoms. The highest BCUT2D eigenvalue weighted by atomic mass is 19.4. The van der Waals surface area contributed by atoms with Crippen LogP contribution in [0.3, 0.4) is 0 Å². The van der Waals surface area contributed by atoms with Crippen LogP contribution in [0.25, 0.3) is 5.57 Å². The van der Waals surface area contributed by atoms with Crippen molar-refractivity contribution >= 4 is 5.57 Å². The molecule has 0 aromatic heterocycles. The van der Waals surface area contributed by atoms with Gasteiger partial charge in [0.1, 0.15) is 5.82 Å². The van der Waals surface area contributed by atoms with E-state index in [-0.39, 0.29) is 0 Å². The number of alkyl halides is 3. The van der Waals surface area contributed by atoms with E-state index >= 15 is 0 Å². The van der Waals surface area contributed by atoms with Gasteiger partial charge in [-0.25, -0.2) is 4.39 Å². The van der Waals surface area contributed by atoms with Gasteiger partial charge in [-0.05, 0) is 37.0 Å². The maximum Gasteiger partial charge on any atom is 0.416 e. The Bertz CT molecular complexity index is 429. The standard InChI is InChI=1S/C12H10F4/c13-11-7-9(12(14,15)16)5-6-10(11)8-3-1-2-4-8/h3,5-7H,1-2,4H2. The first-order valence-corrected chi connectivity index (χ1v) is 5.04. The van der Waals surface area contributed by atoms with Crippen molar-refractivity contribution in [1.82, 2.24) is 0 Å². The summed E-state index contributed by atoms with van der Waals surface area (Å²) >= 11 is 0. The van der Waals surface area contributed by atoms with Gasteiger partial charge in [0.15, 0.2) is 0 Å². The normalized spacial score (nSPS) is 16.4. The van der Waals surface area contributed by atoms with E-state index in [2.05, 4.69) is 0 Å². The summed E-state index contributed by atoms with van der Waals surface area (Å²) in [5.41, 5.74) is 0.170. The number of benzene rings is 1. The van der Waals surface area contributed by atoms with Crippen molar-refractivity contribution in [2.75, 3.05) is 0 Å². The van der Waals surface area contributed by atoms with E-state index in [0.29, 0.717) is 11.6 Å². The number of hydrogen-bond donors (Lipinski definition) is 0. The Hall–Kier alpha value is -1.32. The van der Waals surface area contributed by atoms with Crippen molar-refractivity contribution in [3.63, 3.8) is 0 Å². The predicted molar refractivity (Wildman–Crippen MR) is 53.2 cm³/mol. The van der Waals surface area contributed by atoms with Gasteiger partial charge in [-0.3, -0.25) is 0 Å². The topological polar surface area (TPSA) is 0 Å². The average molecular weight is 230 g/mol. The fourth-order valence-electron chi connectivity index (χ4n) is 1.87. The molecule has 0 saturated carbocycles. The Morgan fingerprint density at radius 1 is 1.12 bits per heavy atom.